The third-order valence-corrected chi connectivity index (χ3v) is 3.43. The molecule has 4 N–H and O–H groups in total. The van der Waals surface area contributed by atoms with Gasteiger partial charge in [-0.05, 0) is 29.9 Å². The highest BCUT2D eigenvalue weighted by atomic mass is 35.5. The summed E-state index contributed by atoms with van der Waals surface area (Å²) in [6.45, 7) is 0. The summed E-state index contributed by atoms with van der Waals surface area (Å²) in [6, 6.07) is 7.18. The van der Waals surface area contributed by atoms with Crippen LogP contribution in [0.5, 0.6) is 0 Å². The van der Waals surface area contributed by atoms with Crippen LogP contribution in [0.1, 0.15) is 12.0 Å². The van der Waals surface area contributed by atoms with E-state index in [1.54, 1.807) is 11.8 Å². The summed E-state index contributed by atoms with van der Waals surface area (Å²) in [6.07, 6.45) is 0.619. The second kappa shape index (κ2) is 6.78. The molecule has 0 saturated carbocycles. The molecule has 0 aliphatic rings. The normalized spacial score (nSPS) is 12.4. The zero-order valence-electron chi connectivity index (χ0n) is 8.86. The van der Waals surface area contributed by atoms with E-state index >= 15 is 0 Å². The van der Waals surface area contributed by atoms with Crippen molar-refractivity contribution in [3.8, 4) is 0 Å². The number of nitrogens with two attached hydrogens (primary N) is 2. The van der Waals surface area contributed by atoms with Gasteiger partial charge in [0.15, 0.2) is 0 Å². The standard InChI is InChI=1S/C11H15ClN2OS/c12-9-3-1-8(2-4-9)7-16-6-5-10(13)11(14)15/h1-4,10H,5-7,13H2,(H2,14,15). The van der Waals surface area contributed by atoms with E-state index in [1.807, 2.05) is 24.3 Å². The molecule has 1 rings (SSSR count). The number of carbonyl (C=O) groups is 1. The number of hydrogen-bond donors (Lipinski definition) is 2. The Morgan fingerprint density at radius 1 is 1.38 bits per heavy atom. The van der Waals surface area contributed by atoms with Crippen molar-refractivity contribution in [3.05, 3.63) is 34.9 Å². The highest BCUT2D eigenvalue weighted by Crippen LogP contribution is 2.16. The molecule has 1 amide bonds. The first kappa shape index (κ1) is 13.4. The number of thioether (sulfide) groups is 1. The highest BCUT2D eigenvalue weighted by Gasteiger charge is 2.07. The molecule has 0 aliphatic carbocycles. The Morgan fingerprint density at radius 3 is 2.56 bits per heavy atom. The maximum absolute atomic E-state index is 10.7. The van der Waals surface area contributed by atoms with Crippen LogP contribution in [0, 0.1) is 0 Å². The average Bonchev–Trinajstić information content (AvgIpc) is 2.26. The molecule has 0 saturated heterocycles. The molecular weight excluding hydrogens is 244 g/mol. The van der Waals surface area contributed by atoms with Gasteiger partial charge in [-0.15, -0.1) is 0 Å². The Balaban J connectivity index is 2.21. The van der Waals surface area contributed by atoms with Crippen LogP contribution in [0.15, 0.2) is 24.3 Å². The van der Waals surface area contributed by atoms with E-state index in [0.717, 1.165) is 16.5 Å². The maximum atomic E-state index is 10.7. The van der Waals surface area contributed by atoms with Crippen molar-refractivity contribution in [2.24, 2.45) is 11.5 Å². The first-order chi connectivity index (χ1) is 7.59. The minimum Gasteiger partial charge on any atom is -0.368 e. The zero-order chi connectivity index (χ0) is 12.0. The second-order valence-corrected chi connectivity index (χ2v) is 5.02. The lowest BCUT2D eigenvalue weighted by Gasteiger charge is -2.06. The average molecular weight is 259 g/mol. The van der Waals surface area contributed by atoms with E-state index in [1.165, 1.54) is 5.56 Å². The quantitative estimate of drug-likeness (QED) is 0.764. The Bertz CT molecular complexity index is 342. The van der Waals surface area contributed by atoms with E-state index in [0.29, 0.717) is 6.42 Å². The minimum absolute atomic E-state index is 0.438. The van der Waals surface area contributed by atoms with E-state index in [4.69, 9.17) is 23.1 Å². The Morgan fingerprint density at radius 2 is 2.00 bits per heavy atom. The zero-order valence-corrected chi connectivity index (χ0v) is 10.4. The Kier molecular flexibility index (Phi) is 5.66. The van der Waals surface area contributed by atoms with Gasteiger partial charge >= 0.3 is 0 Å². The molecule has 0 radical (unpaired) electrons. The molecule has 1 unspecified atom stereocenters. The summed E-state index contributed by atoms with van der Waals surface area (Å²) in [7, 11) is 0. The lowest BCUT2D eigenvalue weighted by molar-refractivity contribution is -0.119. The number of hydrogen-bond acceptors (Lipinski definition) is 3. The summed E-state index contributed by atoms with van der Waals surface area (Å²) in [4.78, 5) is 10.7. The number of carbonyl (C=O) groups excluding carboxylic acids is 1. The smallest absolute Gasteiger partial charge is 0.234 e. The molecule has 0 heterocycles. The van der Waals surface area contributed by atoms with Gasteiger partial charge in [-0.2, -0.15) is 11.8 Å². The van der Waals surface area contributed by atoms with Gasteiger partial charge in [-0.25, -0.2) is 0 Å². The number of rotatable bonds is 6. The fourth-order valence-electron chi connectivity index (χ4n) is 1.12. The maximum Gasteiger partial charge on any atom is 0.234 e. The summed E-state index contributed by atoms with van der Waals surface area (Å²) >= 11 is 7.50. The third-order valence-electron chi connectivity index (χ3n) is 2.12. The van der Waals surface area contributed by atoms with Crippen molar-refractivity contribution in [2.45, 2.75) is 18.2 Å². The molecule has 0 aliphatic heterocycles. The summed E-state index contributed by atoms with van der Waals surface area (Å²) in [5, 5.41) is 0.740. The van der Waals surface area contributed by atoms with Crippen LogP contribution in [-0.4, -0.2) is 17.7 Å². The fourth-order valence-corrected chi connectivity index (χ4v) is 2.24. The van der Waals surface area contributed by atoms with Crippen LogP contribution >= 0.6 is 23.4 Å². The van der Waals surface area contributed by atoms with Gasteiger partial charge in [0.05, 0.1) is 6.04 Å². The molecule has 3 nitrogen and oxygen atoms in total. The van der Waals surface area contributed by atoms with Crippen LogP contribution in [0.4, 0.5) is 0 Å². The van der Waals surface area contributed by atoms with E-state index < -0.39 is 11.9 Å². The predicted octanol–water partition coefficient (Wildman–Crippen LogP) is 1.78. The van der Waals surface area contributed by atoms with Gasteiger partial charge in [-0.3, -0.25) is 4.79 Å². The van der Waals surface area contributed by atoms with E-state index in [2.05, 4.69) is 0 Å². The van der Waals surface area contributed by atoms with Gasteiger partial charge in [0, 0.05) is 10.8 Å². The van der Waals surface area contributed by atoms with Crippen LogP contribution in [-0.2, 0) is 10.5 Å². The molecule has 1 aromatic carbocycles. The monoisotopic (exact) mass is 258 g/mol. The first-order valence-corrected chi connectivity index (χ1v) is 6.50. The lowest BCUT2D eigenvalue weighted by Crippen LogP contribution is -2.36. The number of halogens is 1. The van der Waals surface area contributed by atoms with E-state index in [-0.39, 0.29) is 0 Å². The van der Waals surface area contributed by atoms with Crippen molar-refractivity contribution in [1.82, 2.24) is 0 Å². The van der Waals surface area contributed by atoms with Crippen molar-refractivity contribution in [2.75, 3.05) is 5.75 Å². The molecule has 1 atom stereocenters. The number of benzene rings is 1. The van der Waals surface area contributed by atoms with Crippen LogP contribution in [0.3, 0.4) is 0 Å². The van der Waals surface area contributed by atoms with Gasteiger partial charge < -0.3 is 11.5 Å². The van der Waals surface area contributed by atoms with Crippen molar-refractivity contribution in [3.63, 3.8) is 0 Å². The number of amides is 1. The van der Waals surface area contributed by atoms with Crippen LogP contribution in [0.2, 0.25) is 5.02 Å². The van der Waals surface area contributed by atoms with Crippen LogP contribution in [0.25, 0.3) is 0 Å². The first-order valence-electron chi connectivity index (χ1n) is 4.96. The topological polar surface area (TPSA) is 69.1 Å². The van der Waals surface area contributed by atoms with Gasteiger partial charge in [0.25, 0.3) is 0 Å². The van der Waals surface area contributed by atoms with Crippen molar-refractivity contribution >= 4 is 29.3 Å². The SMILES string of the molecule is NC(=O)C(N)CCSCc1ccc(Cl)cc1. The molecular formula is C11H15ClN2OS. The molecule has 88 valence electrons. The van der Waals surface area contributed by atoms with E-state index in [9.17, 15) is 4.79 Å². The highest BCUT2D eigenvalue weighted by molar-refractivity contribution is 7.98. The molecule has 16 heavy (non-hydrogen) atoms. The summed E-state index contributed by atoms with van der Waals surface area (Å²) in [5.74, 6) is 1.28. The molecule has 0 bridgehead atoms. The Labute approximate surface area is 105 Å². The Hall–Kier alpha value is -0.710. The number of primary amides is 1. The van der Waals surface area contributed by atoms with Crippen molar-refractivity contribution in [1.29, 1.82) is 0 Å². The second-order valence-electron chi connectivity index (χ2n) is 3.48. The molecule has 5 heteroatoms. The molecule has 0 fully saturated rings. The minimum atomic E-state index is -0.530. The largest absolute Gasteiger partial charge is 0.368 e. The van der Waals surface area contributed by atoms with Crippen molar-refractivity contribution < 1.29 is 4.79 Å². The molecule has 1 aromatic rings. The van der Waals surface area contributed by atoms with Gasteiger partial charge in [0.2, 0.25) is 5.91 Å². The summed E-state index contributed by atoms with van der Waals surface area (Å²) in [5.41, 5.74) is 11.8. The van der Waals surface area contributed by atoms with Gasteiger partial charge in [0.1, 0.15) is 0 Å². The van der Waals surface area contributed by atoms with Crippen LogP contribution < -0.4 is 11.5 Å². The third kappa shape index (κ3) is 4.88. The lowest BCUT2D eigenvalue weighted by atomic mass is 10.2. The molecule has 0 spiro atoms. The molecule has 0 aromatic heterocycles. The summed E-state index contributed by atoms with van der Waals surface area (Å²) < 4.78 is 0. The fraction of sp³-hybridized carbons (Fsp3) is 0.364. The van der Waals surface area contributed by atoms with Gasteiger partial charge in [-0.1, -0.05) is 23.7 Å². The predicted molar refractivity (Wildman–Crippen MR) is 69.4 cm³/mol.